The lowest BCUT2D eigenvalue weighted by molar-refractivity contribution is 0.282. The number of aliphatic hydroxyl groups is 1. The summed E-state index contributed by atoms with van der Waals surface area (Å²) in [5.74, 6) is 0. The van der Waals surface area contributed by atoms with Crippen LogP contribution in [-0.2, 0) is 13.1 Å². The molecule has 104 valence electrons. The number of hydrogen-bond acceptors (Lipinski definition) is 2. The van der Waals surface area contributed by atoms with E-state index in [9.17, 15) is 0 Å². The van der Waals surface area contributed by atoms with Crippen LogP contribution in [0.25, 0.3) is 0 Å². The van der Waals surface area contributed by atoms with Crippen molar-refractivity contribution in [3.8, 4) is 0 Å². The van der Waals surface area contributed by atoms with E-state index >= 15 is 0 Å². The number of aliphatic hydroxyl groups excluding tert-OH is 1. The lowest BCUT2D eigenvalue weighted by Crippen LogP contribution is -2.15. The summed E-state index contributed by atoms with van der Waals surface area (Å²) in [6.45, 7) is 10.00. The summed E-state index contributed by atoms with van der Waals surface area (Å²) >= 11 is 0. The summed E-state index contributed by atoms with van der Waals surface area (Å²) in [4.78, 5) is 0. The average Bonchev–Trinajstić information content (AvgIpc) is 2.63. The van der Waals surface area contributed by atoms with E-state index in [1.54, 1.807) is 0 Å². The van der Waals surface area contributed by atoms with Crippen LogP contribution >= 0.6 is 0 Å². The van der Waals surface area contributed by atoms with Gasteiger partial charge in [0.1, 0.15) is 0 Å². The molecule has 3 nitrogen and oxygen atoms in total. The van der Waals surface area contributed by atoms with Crippen molar-refractivity contribution in [3.05, 3.63) is 23.0 Å². The number of aromatic nitrogens is 1. The molecule has 0 aromatic carbocycles. The van der Waals surface area contributed by atoms with Gasteiger partial charge in [-0.1, -0.05) is 12.8 Å². The van der Waals surface area contributed by atoms with Crippen LogP contribution < -0.4 is 5.32 Å². The molecule has 0 spiro atoms. The molecule has 0 atom stereocenters. The number of rotatable bonds is 9. The van der Waals surface area contributed by atoms with Gasteiger partial charge < -0.3 is 15.0 Å². The highest BCUT2D eigenvalue weighted by Gasteiger charge is 2.06. The molecule has 0 radical (unpaired) electrons. The molecule has 0 aliphatic rings. The smallest absolute Gasteiger partial charge is 0.0431 e. The first kappa shape index (κ1) is 15.3. The summed E-state index contributed by atoms with van der Waals surface area (Å²) in [7, 11) is 0. The Morgan fingerprint density at radius 1 is 1.17 bits per heavy atom. The Balaban J connectivity index is 2.23. The van der Waals surface area contributed by atoms with Crippen LogP contribution in [0.2, 0.25) is 0 Å². The van der Waals surface area contributed by atoms with Crippen molar-refractivity contribution < 1.29 is 5.11 Å². The zero-order valence-corrected chi connectivity index (χ0v) is 12.1. The fourth-order valence-electron chi connectivity index (χ4n) is 2.48. The first-order valence-electron chi connectivity index (χ1n) is 7.17. The van der Waals surface area contributed by atoms with Gasteiger partial charge in [-0.15, -0.1) is 0 Å². The molecule has 1 heterocycles. The van der Waals surface area contributed by atoms with Crippen LogP contribution in [0.15, 0.2) is 6.07 Å². The average molecular weight is 252 g/mol. The summed E-state index contributed by atoms with van der Waals surface area (Å²) in [5, 5.41) is 12.2. The first-order valence-corrected chi connectivity index (χ1v) is 7.17. The van der Waals surface area contributed by atoms with Crippen molar-refractivity contribution >= 4 is 0 Å². The van der Waals surface area contributed by atoms with Crippen molar-refractivity contribution in [2.24, 2.45) is 0 Å². The van der Waals surface area contributed by atoms with E-state index in [4.69, 9.17) is 5.11 Å². The van der Waals surface area contributed by atoms with Gasteiger partial charge >= 0.3 is 0 Å². The lowest BCUT2D eigenvalue weighted by Gasteiger charge is -2.07. The van der Waals surface area contributed by atoms with Crippen molar-refractivity contribution in [2.75, 3.05) is 13.2 Å². The third-order valence-electron chi connectivity index (χ3n) is 3.57. The minimum absolute atomic E-state index is 0.330. The topological polar surface area (TPSA) is 37.2 Å². The highest BCUT2D eigenvalue weighted by Crippen LogP contribution is 2.14. The fourth-order valence-corrected chi connectivity index (χ4v) is 2.48. The van der Waals surface area contributed by atoms with Crippen LogP contribution in [-0.4, -0.2) is 22.8 Å². The second kappa shape index (κ2) is 8.33. The van der Waals surface area contributed by atoms with E-state index in [0.717, 1.165) is 32.5 Å². The van der Waals surface area contributed by atoms with Crippen LogP contribution in [0.3, 0.4) is 0 Å². The van der Waals surface area contributed by atoms with E-state index in [2.05, 4.69) is 36.7 Å². The van der Waals surface area contributed by atoms with E-state index < -0.39 is 0 Å². The molecule has 0 saturated carbocycles. The van der Waals surface area contributed by atoms with Gasteiger partial charge in [0, 0.05) is 31.1 Å². The zero-order chi connectivity index (χ0) is 13.4. The molecule has 0 unspecified atom stereocenters. The molecule has 18 heavy (non-hydrogen) atoms. The predicted octanol–water partition coefficient (Wildman–Crippen LogP) is 2.77. The van der Waals surface area contributed by atoms with E-state index in [1.807, 2.05) is 0 Å². The van der Waals surface area contributed by atoms with Crippen molar-refractivity contribution in [1.29, 1.82) is 0 Å². The van der Waals surface area contributed by atoms with Gasteiger partial charge in [0.05, 0.1) is 0 Å². The van der Waals surface area contributed by atoms with Gasteiger partial charge in [-0.25, -0.2) is 0 Å². The molecular weight excluding hydrogens is 224 g/mol. The summed E-state index contributed by atoms with van der Waals surface area (Å²) < 4.78 is 2.36. The normalized spacial score (nSPS) is 11.1. The Hall–Kier alpha value is -0.800. The summed E-state index contributed by atoms with van der Waals surface area (Å²) in [5.41, 5.74) is 4.17. The highest BCUT2D eigenvalue weighted by molar-refractivity contribution is 5.26. The molecule has 1 aromatic heterocycles. The zero-order valence-electron chi connectivity index (χ0n) is 12.1. The fraction of sp³-hybridized carbons (Fsp3) is 0.733. The first-order chi connectivity index (χ1) is 8.70. The maximum atomic E-state index is 8.68. The van der Waals surface area contributed by atoms with Gasteiger partial charge in [0.15, 0.2) is 0 Å². The molecule has 1 aromatic rings. The standard InChI is InChI=1S/C15H28N2O/c1-4-17-13(2)11-15(14(17)3)12-16-9-7-5-6-8-10-18/h11,16,18H,4-10,12H2,1-3H3. The van der Waals surface area contributed by atoms with E-state index in [1.165, 1.54) is 29.8 Å². The summed E-state index contributed by atoms with van der Waals surface area (Å²) in [6, 6.07) is 2.29. The van der Waals surface area contributed by atoms with Gasteiger partial charge in [-0.3, -0.25) is 0 Å². The molecule has 0 fully saturated rings. The summed E-state index contributed by atoms with van der Waals surface area (Å²) in [6.07, 6.45) is 4.49. The number of unbranched alkanes of at least 4 members (excludes halogenated alkanes) is 3. The third-order valence-corrected chi connectivity index (χ3v) is 3.57. The van der Waals surface area contributed by atoms with E-state index in [0.29, 0.717) is 6.61 Å². The van der Waals surface area contributed by atoms with Gasteiger partial charge in [0.2, 0.25) is 0 Å². The molecule has 1 rings (SSSR count). The quantitative estimate of drug-likeness (QED) is 0.663. The van der Waals surface area contributed by atoms with Crippen molar-refractivity contribution in [3.63, 3.8) is 0 Å². The molecule has 0 amide bonds. The molecule has 0 aliphatic carbocycles. The van der Waals surface area contributed by atoms with Crippen LogP contribution in [0, 0.1) is 13.8 Å². The Labute approximate surface area is 111 Å². The molecule has 0 saturated heterocycles. The number of nitrogens with one attached hydrogen (secondary N) is 1. The Morgan fingerprint density at radius 3 is 2.50 bits per heavy atom. The largest absolute Gasteiger partial charge is 0.396 e. The van der Waals surface area contributed by atoms with Crippen LogP contribution in [0.5, 0.6) is 0 Å². The second-order valence-corrected chi connectivity index (χ2v) is 4.96. The minimum atomic E-state index is 0.330. The molecule has 3 heteroatoms. The SMILES string of the molecule is CCn1c(C)cc(CNCCCCCCO)c1C. The van der Waals surface area contributed by atoms with Gasteiger partial charge in [-0.2, -0.15) is 0 Å². The lowest BCUT2D eigenvalue weighted by atomic mass is 10.2. The molecule has 0 bridgehead atoms. The second-order valence-electron chi connectivity index (χ2n) is 4.96. The monoisotopic (exact) mass is 252 g/mol. The van der Waals surface area contributed by atoms with Crippen LogP contribution in [0.1, 0.15) is 49.6 Å². The molecule has 2 N–H and O–H groups in total. The Kier molecular flexibility index (Phi) is 7.06. The predicted molar refractivity (Wildman–Crippen MR) is 76.8 cm³/mol. The molecule has 0 aliphatic heterocycles. The Morgan fingerprint density at radius 2 is 1.89 bits per heavy atom. The maximum absolute atomic E-state index is 8.68. The van der Waals surface area contributed by atoms with Gasteiger partial charge in [-0.05, 0) is 51.8 Å². The minimum Gasteiger partial charge on any atom is -0.396 e. The third kappa shape index (κ3) is 4.46. The van der Waals surface area contributed by atoms with E-state index in [-0.39, 0.29) is 0 Å². The van der Waals surface area contributed by atoms with Crippen molar-refractivity contribution in [1.82, 2.24) is 9.88 Å². The van der Waals surface area contributed by atoms with Gasteiger partial charge in [0.25, 0.3) is 0 Å². The molecular formula is C15H28N2O. The maximum Gasteiger partial charge on any atom is 0.0431 e. The number of aryl methyl sites for hydroxylation is 1. The highest BCUT2D eigenvalue weighted by atomic mass is 16.2. The number of nitrogens with zero attached hydrogens (tertiary/aromatic N) is 1. The number of hydrogen-bond donors (Lipinski definition) is 2. The Bertz CT molecular complexity index is 345. The van der Waals surface area contributed by atoms with Crippen molar-refractivity contribution in [2.45, 2.75) is 59.5 Å². The van der Waals surface area contributed by atoms with Crippen LogP contribution in [0.4, 0.5) is 0 Å².